The van der Waals surface area contributed by atoms with E-state index in [1.165, 1.54) is 0 Å². The van der Waals surface area contributed by atoms with Crippen LogP contribution in [0.3, 0.4) is 0 Å². The van der Waals surface area contributed by atoms with Gasteiger partial charge >= 0.3 is 0 Å². The Morgan fingerprint density at radius 3 is 1.04 bits per heavy atom. The number of H-pyrrole nitrogens is 2. The van der Waals surface area contributed by atoms with E-state index >= 15 is 0 Å². The monoisotopic (exact) mass is 361 g/mol. The van der Waals surface area contributed by atoms with Crippen molar-refractivity contribution < 1.29 is 18.6 Å². The quantitative estimate of drug-likeness (QED) is 0.422. The molecular weight excluding hydrogens is 347 g/mol. The Kier molecular flexibility index (Phi) is 3.92. The van der Waals surface area contributed by atoms with Crippen LogP contribution in [-0.4, -0.2) is 19.9 Å². The van der Waals surface area contributed by atoms with Crippen molar-refractivity contribution in [3.63, 3.8) is 0 Å². The molecule has 1 radical (unpaired) electrons. The van der Waals surface area contributed by atoms with Crippen LogP contribution in [0.2, 0.25) is 0 Å². The van der Waals surface area contributed by atoms with E-state index < -0.39 is 0 Å². The van der Waals surface area contributed by atoms with Crippen LogP contribution in [0.25, 0.3) is 46.4 Å². The molecule has 25 heavy (non-hydrogen) atoms. The van der Waals surface area contributed by atoms with Crippen LogP contribution in [0, 0.1) is 0 Å². The number of hydrogen-bond acceptors (Lipinski definition) is 2. The molecule has 5 heteroatoms. The summed E-state index contributed by atoms with van der Waals surface area (Å²) >= 11 is 0. The van der Waals surface area contributed by atoms with Gasteiger partial charge in [-0.3, -0.25) is 0 Å². The molecule has 0 saturated heterocycles. The Morgan fingerprint density at radius 1 is 0.480 bits per heavy atom. The van der Waals surface area contributed by atoms with Crippen LogP contribution in [0.4, 0.5) is 0 Å². The van der Waals surface area contributed by atoms with E-state index in [0.29, 0.717) is 0 Å². The normalized spacial score (nSPS) is 12.2. The molecule has 0 aliphatic carbocycles. The Bertz CT molecular complexity index is 990. The fraction of sp³-hybridized carbons (Fsp3) is 0. The Hall–Kier alpha value is -2.82. The number of aromatic amines is 2. The second kappa shape index (κ2) is 6.24. The summed E-state index contributed by atoms with van der Waals surface area (Å²) in [4.78, 5) is 16.0. The minimum Gasteiger partial charge on any atom is -0.355 e. The fourth-order valence-corrected chi connectivity index (χ4v) is 2.94. The molecule has 0 aromatic carbocycles. The summed E-state index contributed by atoms with van der Waals surface area (Å²) in [5.41, 5.74) is 7.86. The maximum atomic E-state index is 4.63. The van der Waals surface area contributed by atoms with Gasteiger partial charge in [0.1, 0.15) is 0 Å². The molecule has 2 aliphatic heterocycles. The fourth-order valence-electron chi connectivity index (χ4n) is 2.94. The van der Waals surface area contributed by atoms with Gasteiger partial charge in [-0.15, -0.1) is 0 Å². The largest absolute Gasteiger partial charge is 0.355 e. The van der Waals surface area contributed by atoms with Crippen molar-refractivity contribution >= 4 is 46.4 Å². The van der Waals surface area contributed by atoms with Gasteiger partial charge in [-0.2, -0.15) is 0 Å². The first-order chi connectivity index (χ1) is 11.8. The Balaban J connectivity index is 0.00000157. The van der Waals surface area contributed by atoms with Crippen molar-refractivity contribution in [2.45, 2.75) is 0 Å². The van der Waals surface area contributed by atoms with Crippen molar-refractivity contribution in [3.8, 4) is 0 Å². The second-order valence-electron chi connectivity index (χ2n) is 5.91. The van der Waals surface area contributed by atoms with E-state index in [0.717, 1.165) is 44.8 Å². The number of rotatable bonds is 0. The zero-order chi connectivity index (χ0) is 15.9. The van der Waals surface area contributed by atoms with Gasteiger partial charge in [-0.05, 0) is 72.8 Å². The number of aromatic nitrogens is 4. The summed E-state index contributed by atoms with van der Waals surface area (Å²) in [5, 5.41) is 0. The number of hydrogen-bond donors (Lipinski definition) is 2. The molecule has 5 rings (SSSR count). The molecule has 4 nitrogen and oxygen atoms in total. The molecule has 5 heterocycles. The Morgan fingerprint density at radius 2 is 0.760 bits per heavy atom. The van der Waals surface area contributed by atoms with Gasteiger partial charge in [-0.1, -0.05) is 0 Å². The van der Waals surface area contributed by atoms with Crippen molar-refractivity contribution in [3.05, 3.63) is 71.3 Å². The van der Waals surface area contributed by atoms with Crippen molar-refractivity contribution in [2.24, 2.45) is 0 Å². The average molecular weight is 361 g/mol. The number of nitrogens with one attached hydrogen (secondary N) is 2. The summed E-state index contributed by atoms with van der Waals surface area (Å²) in [6.07, 6.45) is 8.09. The SMILES string of the molecule is C1=Cc2cc3ccc(cc4nc(cc5ccc(cc1n2)[nH]5)C=C4)[nH]3.[V]. The van der Waals surface area contributed by atoms with E-state index in [1.54, 1.807) is 0 Å². The smallest absolute Gasteiger partial charge is 0.0658 e. The third-order valence-electron chi connectivity index (χ3n) is 4.04. The van der Waals surface area contributed by atoms with Gasteiger partial charge in [0, 0.05) is 40.6 Å². The second-order valence-corrected chi connectivity index (χ2v) is 5.91. The topological polar surface area (TPSA) is 57.4 Å². The van der Waals surface area contributed by atoms with Gasteiger partial charge in [0.05, 0.1) is 22.8 Å². The molecule has 0 atom stereocenters. The molecule has 0 amide bonds. The van der Waals surface area contributed by atoms with Crippen LogP contribution < -0.4 is 0 Å². The van der Waals surface area contributed by atoms with Gasteiger partial charge in [0.15, 0.2) is 0 Å². The molecule has 2 aliphatic rings. The third-order valence-corrected chi connectivity index (χ3v) is 4.04. The molecule has 3 aromatic rings. The van der Waals surface area contributed by atoms with Gasteiger partial charge < -0.3 is 9.97 Å². The van der Waals surface area contributed by atoms with E-state index in [9.17, 15) is 0 Å². The predicted octanol–water partition coefficient (Wildman–Crippen LogP) is 4.65. The number of fused-ring (bicyclic) bond motifs is 8. The molecular formula is C20H14N4V. The molecule has 119 valence electrons. The molecule has 3 aromatic heterocycles. The van der Waals surface area contributed by atoms with Crippen LogP contribution in [0.1, 0.15) is 22.8 Å². The van der Waals surface area contributed by atoms with Gasteiger partial charge in [0.25, 0.3) is 0 Å². The molecule has 0 saturated carbocycles. The first-order valence-electron chi connectivity index (χ1n) is 7.85. The van der Waals surface area contributed by atoms with Gasteiger partial charge in [-0.25, -0.2) is 9.97 Å². The molecule has 0 fully saturated rings. The van der Waals surface area contributed by atoms with Crippen LogP contribution in [0.15, 0.2) is 48.5 Å². The summed E-state index contributed by atoms with van der Waals surface area (Å²) < 4.78 is 0. The van der Waals surface area contributed by atoms with E-state index in [4.69, 9.17) is 0 Å². The minimum absolute atomic E-state index is 0. The predicted molar refractivity (Wildman–Crippen MR) is 98.9 cm³/mol. The number of nitrogens with zero attached hydrogens (tertiary/aromatic N) is 2. The summed E-state index contributed by atoms with van der Waals surface area (Å²) in [6.45, 7) is 0. The molecule has 8 bridgehead atoms. The summed E-state index contributed by atoms with van der Waals surface area (Å²) in [5.74, 6) is 0. The Labute approximate surface area is 156 Å². The first kappa shape index (κ1) is 15.7. The van der Waals surface area contributed by atoms with Crippen molar-refractivity contribution in [1.82, 2.24) is 19.9 Å². The van der Waals surface area contributed by atoms with Crippen molar-refractivity contribution in [2.75, 3.05) is 0 Å². The minimum atomic E-state index is 0. The van der Waals surface area contributed by atoms with Crippen molar-refractivity contribution in [1.29, 1.82) is 0 Å². The molecule has 0 spiro atoms. The molecule has 0 unspecified atom stereocenters. The maximum Gasteiger partial charge on any atom is 0.0658 e. The first-order valence-corrected chi connectivity index (χ1v) is 7.85. The third kappa shape index (κ3) is 3.22. The maximum absolute atomic E-state index is 4.63. The standard InChI is InChI=1S/C20H14N4.V/c1-2-14-10-16-5-6-18(23-16)12-20-8-7-19(24-20)11-17-4-3-15(22-17)9-13(1)21-14;/h1-12,21,24H;. The zero-order valence-corrected chi connectivity index (χ0v) is 14.7. The zero-order valence-electron chi connectivity index (χ0n) is 13.3. The molecule has 2 N–H and O–H groups in total. The van der Waals surface area contributed by atoms with E-state index in [2.05, 4.69) is 44.2 Å². The average Bonchev–Trinajstić information content (AvgIpc) is 3.32. The van der Waals surface area contributed by atoms with Crippen LogP contribution in [0.5, 0.6) is 0 Å². The van der Waals surface area contributed by atoms with E-state index in [-0.39, 0.29) is 18.6 Å². The summed E-state index contributed by atoms with van der Waals surface area (Å²) in [6, 6.07) is 16.4. The van der Waals surface area contributed by atoms with Crippen LogP contribution in [-0.2, 0) is 18.6 Å². The summed E-state index contributed by atoms with van der Waals surface area (Å²) in [7, 11) is 0. The van der Waals surface area contributed by atoms with E-state index in [1.807, 2.05) is 48.6 Å². The van der Waals surface area contributed by atoms with Crippen LogP contribution >= 0.6 is 0 Å². The van der Waals surface area contributed by atoms with Gasteiger partial charge in [0.2, 0.25) is 0 Å².